The standard InChI is InChI=1S/C14H24N4/c1-10(2)15-14-16-11(3)8-18(14)13-9-17-6-4-12(13)5-7-17/h8,10,12-13H,4-7,9H2,1-3H3,(H,15,16). The minimum Gasteiger partial charge on any atom is -0.353 e. The number of hydrogen-bond donors (Lipinski definition) is 1. The molecule has 0 spiro atoms. The van der Waals surface area contributed by atoms with Crippen LogP contribution in [-0.2, 0) is 0 Å². The van der Waals surface area contributed by atoms with Crippen molar-refractivity contribution in [3.8, 4) is 0 Å². The van der Waals surface area contributed by atoms with Gasteiger partial charge in [0.05, 0.1) is 11.7 Å². The number of nitrogens with one attached hydrogen (secondary N) is 1. The van der Waals surface area contributed by atoms with E-state index in [1.54, 1.807) is 0 Å². The van der Waals surface area contributed by atoms with E-state index in [4.69, 9.17) is 0 Å². The van der Waals surface area contributed by atoms with E-state index < -0.39 is 0 Å². The molecule has 0 aromatic carbocycles. The Morgan fingerprint density at radius 1 is 1.33 bits per heavy atom. The van der Waals surface area contributed by atoms with Gasteiger partial charge in [-0.1, -0.05) is 0 Å². The van der Waals surface area contributed by atoms with Gasteiger partial charge in [0.15, 0.2) is 0 Å². The van der Waals surface area contributed by atoms with Crippen LogP contribution < -0.4 is 5.32 Å². The van der Waals surface area contributed by atoms with E-state index in [1.807, 2.05) is 0 Å². The molecule has 4 nitrogen and oxygen atoms in total. The van der Waals surface area contributed by atoms with E-state index in [9.17, 15) is 0 Å². The zero-order valence-corrected chi connectivity index (χ0v) is 11.7. The number of imidazole rings is 1. The van der Waals surface area contributed by atoms with Crippen LogP contribution in [0, 0.1) is 12.8 Å². The van der Waals surface area contributed by atoms with Crippen LogP contribution in [0.3, 0.4) is 0 Å². The predicted octanol–water partition coefficient (Wildman–Crippen LogP) is 2.28. The summed E-state index contributed by atoms with van der Waals surface area (Å²) in [7, 11) is 0. The third-order valence-electron chi connectivity index (χ3n) is 4.25. The zero-order chi connectivity index (χ0) is 12.7. The van der Waals surface area contributed by atoms with Gasteiger partial charge in [-0.3, -0.25) is 0 Å². The SMILES string of the molecule is Cc1cn(C2CN3CCC2CC3)c(NC(C)C)n1. The van der Waals surface area contributed by atoms with Crippen molar-refractivity contribution < 1.29 is 0 Å². The number of nitrogens with zero attached hydrogens (tertiary/aromatic N) is 3. The van der Waals surface area contributed by atoms with Gasteiger partial charge in [0.25, 0.3) is 0 Å². The summed E-state index contributed by atoms with van der Waals surface area (Å²) in [5.41, 5.74) is 1.12. The lowest BCUT2D eigenvalue weighted by atomic mass is 9.84. The fourth-order valence-electron chi connectivity index (χ4n) is 3.38. The second-order valence-corrected chi connectivity index (χ2v) is 6.12. The van der Waals surface area contributed by atoms with Crippen molar-refractivity contribution in [1.29, 1.82) is 0 Å². The van der Waals surface area contributed by atoms with Crippen LogP contribution in [0.15, 0.2) is 6.20 Å². The number of anilines is 1. The first-order valence-electron chi connectivity index (χ1n) is 7.18. The molecule has 3 saturated heterocycles. The number of piperidine rings is 3. The summed E-state index contributed by atoms with van der Waals surface area (Å²) >= 11 is 0. The average Bonchev–Trinajstić information content (AvgIpc) is 2.70. The van der Waals surface area contributed by atoms with Crippen molar-refractivity contribution >= 4 is 5.95 Å². The molecule has 3 aliphatic heterocycles. The van der Waals surface area contributed by atoms with E-state index in [0.717, 1.165) is 17.6 Å². The lowest BCUT2D eigenvalue weighted by Crippen LogP contribution is -2.48. The van der Waals surface area contributed by atoms with Gasteiger partial charge in [-0.2, -0.15) is 0 Å². The number of rotatable bonds is 3. The molecular formula is C14H24N4. The second-order valence-electron chi connectivity index (χ2n) is 6.12. The van der Waals surface area contributed by atoms with Crippen LogP contribution in [0.5, 0.6) is 0 Å². The summed E-state index contributed by atoms with van der Waals surface area (Å²) in [5, 5.41) is 3.48. The lowest BCUT2D eigenvalue weighted by Gasteiger charge is -2.45. The first-order valence-corrected chi connectivity index (χ1v) is 7.18. The molecule has 3 fully saturated rings. The average molecular weight is 248 g/mol. The molecule has 3 aliphatic rings. The Kier molecular flexibility index (Phi) is 3.06. The van der Waals surface area contributed by atoms with Crippen LogP contribution >= 0.6 is 0 Å². The summed E-state index contributed by atoms with van der Waals surface area (Å²) in [6.45, 7) is 10.2. The van der Waals surface area contributed by atoms with Crippen molar-refractivity contribution in [2.75, 3.05) is 25.0 Å². The Morgan fingerprint density at radius 3 is 2.61 bits per heavy atom. The highest BCUT2D eigenvalue weighted by molar-refractivity contribution is 5.31. The van der Waals surface area contributed by atoms with Crippen LogP contribution in [-0.4, -0.2) is 40.1 Å². The minimum atomic E-state index is 0.437. The number of hydrogen-bond acceptors (Lipinski definition) is 3. The van der Waals surface area contributed by atoms with Gasteiger partial charge in [-0.15, -0.1) is 0 Å². The van der Waals surface area contributed by atoms with Gasteiger partial charge in [0, 0.05) is 18.8 Å². The molecule has 0 aliphatic carbocycles. The zero-order valence-electron chi connectivity index (χ0n) is 11.7. The fourth-order valence-corrected chi connectivity index (χ4v) is 3.38. The molecule has 4 rings (SSSR count). The number of fused-ring (bicyclic) bond motifs is 3. The molecule has 1 N–H and O–H groups in total. The summed E-state index contributed by atoms with van der Waals surface area (Å²) in [4.78, 5) is 7.24. The molecule has 0 radical (unpaired) electrons. The Morgan fingerprint density at radius 2 is 2.06 bits per heavy atom. The summed E-state index contributed by atoms with van der Waals surface area (Å²) in [6, 6.07) is 1.06. The molecule has 4 heteroatoms. The third-order valence-corrected chi connectivity index (χ3v) is 4.25. The van der Waals surface area contributed by atoms with Crippen LogP contribution in [0.2, 0.25) is 0 Å². The lowest BCUT2D eigenvalue weighted by molar-refractivity contribution is 0.0578. The van der Waals surface area contributed by atoms with Crippen molar-refractivity contribution in [3.05, 3.63) is 11.9 Å². The van der Waals surface area contributed by atoms with Crippen molar-refractivity contribution in [1.82, 2.24) is 14.5 Å². The van der Waals surface area contributed by atoms with E-state index in [2.05, 4.69) is 46.7 Å². The molecular weight excluding hydrogens is 224 g/mol. The van der Waals surface area contributed by atoms with E-state index in [1.165, 1.54) is 32.5 Å². The van der Waals surface area contributed by atoms with Crippen molar-refractivity contribution in [2.45, 2.75) is 45.7 Å². The Balaban J connectivity index is 1.87. The normalized spacial score (nSPS) is 31.0. The molecule has 0 saturated carbocycles. The van der Waals surface area contributed by atoms with E-state index in [-0.39, 0.29) is 0 Å². The van der Waals surface area contributed by atoms with Gasteiger partial charge in [0.1, 0.15) is 0 Å². The number of aryl methyl sites for hydroxylation is 1. The first-order chi connectivity index (χ1) is 8.63. The van der Waals surface area contributed by atoms with Gasteiger partial charge in [-0.25, -0.2) is 4.98 Å². The summed E-state index contributed by atoms with van der Waals surface area (Å²) < 4.78 is 2.39. The fraction of sp³-hybridized carbons (Fsp3) is 0.786. The second kappa shape index (κ2) is 4.57. The maximum Gasteiger partial charge on any atom is 0.203 e. The van der Waals surface area contributed by atoms with Gasteiger partial charge < -0.3 is 14.8 Å². The van der Waals surface area contributed by atoms with Crippen LogP contribution in [0.25, 0.3) is 0 Å². The largest absolute Gasteiger partial charge is 0.353 e. The first kappa shape index (κ1) is 12.0. The van der Waals surface area contributed by atoms with Gasteiger partial charge in [-0.05, 0) is 52.6 Å². The third kappa shape index (κ3) is 2.14. The monoisotopic (exact) mass is 248 g/mol. The molecule has 2 bridgehead atoms. The van der Waals surface area contributed by atoms with Crippen molar-refractivity contribution in [2.24, 2.45) is 5.92 Å². The highest BCUT2D eigenvalue weighted by Gasteiger charge is 2.36. The molecule has 1 atom stereocenters. The summed E-state index contributed by atoms with van der Waals surface area (Å²) in [6.07, 6.45) is 4.92. The highest BCUT2D eigenvalue weighted by atomic mass is 15.3. The molecule has 18 heavy (non-hydrogen) atoms. The molecule has 1 unspecified atom stereocenters. The molecule has 4 heterocycles. The molecule has 1 aromatic rings. The van der Waals surface area contributed by atoms with Crippen LogP contribution in [0.1, 0.15) is 38.4 Å². The molecule has 1 aromatic heterocycles. The Bertz CT molecular complexity index is 415. The predicted molar refractivity (Wildman–Crippen MR) is 73.9 cm³/mol. The summed E-state index contributed by atoms with van der Waals surface area (Å²) in [5.74, 6) is 1.90. The smallest absolute Gasteiger partial charge is 0.203 e. The topological polar surface area (TPSA) is 33.1 Å². The van der Waals surface area contributed by atoms with E-state index >= 15 is 0 Å². The quantitative estimate of drug-likeness (QED) is 0.891. The molecule has 0 amide bonds. The Hall–Kier alpha value is -1.03. The maximum absolute atomic E-state index is 4.64. The maximum atomic E-state index is 4.64. The van der Waals surface area contributed by atoms with Gasteiger partial charge in [0.2, 0.25) is 5.95 Å². The van der Waals surface area contributed by atoms with Crippen LogP contribution in [0.4, 0.5) is 5.95 Å². The highest BCUT2D eigenvalue weighted by Crippen LogP contribution is 2.37. The number of aromatic nitrogens is 2. The minimum absolute atomic E-state index is 0.437. The van der Waals surface area contributed by atoms with E-state index in [0.29, 0.717) is 12.1 Å². The van der Waals surface area contributed by atoms with Gasteiger partial charge >= 0.3 is 0 Å². The molecule has 100 valence electrons. The Labute approximate surface area is 109 Å². The van der Waals surface area contributed by atoms with Crippen molar-refractivity contribution in [3.63, 3.8) is 0 Å².